The van der Waals surface area contributed by atoms with Crippen molar-refractivity contribution < 1.29 is 29.0 Å². The van der Waals surface area contributed by atoms with Crippen molar-refractivity contribution in [1.29, 1.82) is 0 Å². The molecule has 1 heterocycles. The van der Waals surface area contributed by atoms with Gasteiger partial charge in [0.1, 0.15) is 30.2 Å². The van der Waals surface area contributed by atoms with E-state index in [2.05, 4.69) is 16.0 Å². The number of para-hydroxylation sites is 1. The van der Waals surface area contributed by atoms with Gasteiger partial charge in [-0.3, -0.25) is 19.2 Å². The molecule has 0 saturated heterocycles. The van der Waals surface area contributed by atoms with Gasteiger partial charge in [0.05, 0.1) is 11.6 Å². The van der Waals surface area contributed by atoms with Gasteiger partial charge in [-0.2, -0.15) is 0 Å². The molecule has 3 atom stereocenters. The molecule has 0 bridgehead atoms. The van der Waals surface area contributed by atoms with E-state index in [0.717, 1.165) is 24.1 Å². The molecule has 0 saturated carbocycles. The largest absolute Gasteiger partial charge is 0.508 e. The average molecular weight is 644 g/mol. The van der Waals surface area contributed by atoms with E-state index in [1.807, 2.05) is 49.3 Å². The highest BCUT2D eigenvalue weighted by atomic mass is 16.5. The molecule has 3 aromatic rings. The Kier molecular flexibility index (Phi) is 12.7. The third-order valence-corrected chi connectivity index (χ3v) is 8.15. The van der Waals surface area contributed by atoms with Crippen molar-refractivity contribution in [3.63, 3.8) is 0 Å². The van der Waals surface area contributed by atoms with Crippen molar-refractivity contribution >= 4 is 23.6 Å². The number of fused-ring (bicyclic) bond motifs is 1. The van der Waals surface area contributed by atoms with E-state index >= 15 is 0 Å². The zero-order valence-corrected chi connectivity index (χ0v) is 27.3. The van der Waals surface area contributed by atoms with Crippen molar-refractivity contribution in [3.8, 4) is 11.5 Å². The smallest absolute Gasteiger partial charge is 0.255 e. The van der Waals surface area contributed by atoms with Crippen molar-refractivity contribution in [1.82, 2.24) is 25.8 Å². The molecule has 11 heteroatoms. The third kappa shape index (κ3) is 10.6. The Morgan fingerprint density at radius 1 is 0.936 bits per heavy atom. The second-order valence-corrected chi connectivity index (χ2v) is 12.1. The molecular formula is C36H45N5O6. The van der Waals surface area contributed by atoms with Crippen molar-refractivity contribution in [2.24, 2.45) is 0 Å². The van der Waals surface area contributed by atoms with Crippen LogP contribution in [-0.4, -0.2) is 97.5 Å². The molecule has 47 heavy (non-hydrogen) atoms. The predicted molar refractivity (Wildman–Crippen MR) is 179 cm³/mol. The second-order valence-electron chi connectivity index (χ2n) is 12.1. The normalized spacial score (nSPS) is 19.4. The highest BCUT2D eigenvalue weighted by Gasteiger charge is 2.31. The molecule has 0 fully saturated rings. The topological polar surface area (TPSA) is 140 Å². The van der Waals surface area contributed by atoms with Crippen LogP contribution in [0.3, 0.4) is 0 Å². The minimum absolute atomic E-state index is 0.0205. The summed E-state index contributed by atoms with van der Waals surface area (Å²) in [4.78, 5) is 58.0. The molecule has 0 aliphatic carbocycles. The van der Waals surface area contributed by atoms with Crippen LogP contribution < -0.4 is 20.7 Å². The number of amides is 4. The fourth-order valence-corrected chi connectivity index (χ4v) is 5.43. The molecule has 4 amide bonds. The summed E-state index contributed by atoms with van der Waals surface area (Å²) in [5.41, 5.74) is 1.98. The molecule has 0 aromatic heterocycles. The van der Waals surface area contributed by atoms with E-state index in [4.69, 9.17) is 4.74 Å². The molecule has 1 aliphatic rings. The van der Waals surface area contributed by atoms with Gasteiger partial charge >= 0.3 is 0 Å². The number of hydrogen-bond acceptors (Lipinski definition) is 7. The van der Waals surface area contributed by atoms with Crippen LogP contribution >= 0.6 is 0 Å². The summed E-state index contributed by atoms with van der Waals surface area (Å²) in [5, 5.41) is 18.4. The van der Waals surface area contributed by atoms with Gasteiger partial charge in [0.2, 0.25) is 17.7 Å². The Morgan fingerprint density at radius 2 is 1.62 bits per heavy atom. The molecule has 0 unspecified atom stereocenters. The first kappa shape index (κ1) is 35.0. The van der Waals surface area contributed by atoms with Crippen LogP contribution in [0, 0.1) is 0 Å². The first-order chi connectivity index (χ1) is 22.6. The molecule has 4 N–H and O–H groups in total. The van der Waals surface area contributed by atoms with Crippen molar-refractivity contribution in [2.75, 3.05) is 40.8 Å². The minimum Gasteiger partial charge on any atom is -0.508 e. The maximum Gasteiger partial charge on any atom is 0.255 e. The van der Waals surface area contributed by atoms with E-state index in [1.165, 1.54) is 12.1 Å². The lowest BCUT2D eigenvalue weighted by atomic mass is 10.0. The maximum absolute atomic E-state index is 14.1. The molecule has 4 rings (SSSR count). The Hall–Kier alpha value is -4.90. The lowest BCUT2D eigenvalue weighted by molar-refractivity contribution is -0.137. The zero-order valence-electron chi connectivity index (χ0n) is 27.3. The summed E-state index contributed by atoms with van der Waals surface area (Å²) in [7, 11) is 5.57. The molecule has 0 spiro atoms. The Labute approximate surface area is 276 Å². The number of phenols is 1. The van der Waals surface area contributed by atoms with E-state index in [0.29, 0.717) is 18.7 Å². The molecule has 250 valence electrons. The van der Waals surface area contributed by atoms with Crippen LogP contribution in [-0.2, 0) is 27.2 Å². The molecule has 0 radical (unpaired) electrons. The van der Waals surface area contributed by atoms with Crippen LogP contribution in [0.2, 0.25) is 0 Å². The number of nitrogens with zero attached hydrogens (tertiary/aromatic N) is 2. The first-order valence-electron chi connectivity index (χ1n) is 15.9. The van der Waals surface area contributed by atoms with Crippen LogP contribution in [0.5, 0.6) is 11.5 Å². The monoisotopic (exact) mass is 643 g/mol. The minimum atomic E-state index is -0.995. The quantitative estimate of drug-likeness (QED) is 0.263. The highest BCUT2D eigenvalue weighted by molar-refractivity contribution is 5.99. The maximum atomic E-state index is 14.1. The Morgan fingerprint density at radius 3 is 2.34 bits per heavy atom. The number of aromatic hydroxyl groups is 1. The van der Waals surface area contributed by atoms with Gasteiger partial charge in [-0.15, -0.1) is 0 Å². The van der Waals surface area contributed by atoms with Crippen LogP contribution in [0.1, 0.15) is 40.7 Å². The first-order valence-corrected chi connectivity index (χ1v) is 15.9. The molecule has 11 nitrogen and oxygen atoms in total. The van der Waals surface area contributed by atoms with Crippen molar-refractivity contribution in [2.45, 2.75) is 50.2 Å². The lowest BCUT2D eigenvalue weighted by Gasteiger charge is -2.32. The van der Waals surface area contributed by atoms with E-state index in [-0.39, 0.29) is 43.1 Å². The molecule has 1 aliphatic heterocycles. The van der Waals surface area contributed by atoms with Crippen LogP contribution in [0.4, 0.5) is 0 Å². The standard InChI is InChI=1S/C36H45N5O6/c1-40(2)21-9-20-37-35(45)30-18-19-33(43)38-31(23-26-14-16-28(42)17-15-26)36(46)41(3)27(22-25-10-5-4-6-11-25)24-47-32-13-8-7-12-29(32)34(44)39-30/h4-8,10-17,27,30-31,42H,9,18-24H2,1-3H3,(H,37,45)(H,38,43)(H,39,44)/t27-,30+,31+/m1/s1. The van der Waals surface area contributed by atoms with Gasteiger partial charge < -0.3 is 35.6 Å². The second kappa shape index (κ2) is 17.1. The summed E-state index contributed by atoms with van der Waals surface area (Å²) in [6.45, 7) is 1.26. The highest BCUT2D eigenvalue weighted by Crippen LogP contribution is 2.21. The number of likely N-dealkylation sites (N-methyl/N-ethyl adjacent to an activating group) is 1. The van der Waals surface area contributed by atoms with Gasteiger partial charge in [0.25, 0.3) is 5.91 Å². The number of carbonyl (C=O) groups is 4. The van der Waals surface area contributed by atoms with Gasteiger partial charge in [-0.1, -0.05) is 54.6 Å². The summed E-state index contributed by atoms with van der Waals surface area (Å²) < 4.78 is 6.25. The van der Waals surface area contributed by atoms with Crippen molar-refractivity contribution in [3.05, 3.63) is 95.6 Å². The number of rotatable bonds is 9. The van der Waals surface area contributed by atoms with E-state index < -0.39 is 35.8 Å². The number of carbonyl (C=O) groups excluding carboxylic acids is 4. The SMILES string of the molecule is CN(C)CCCNC(=O)[C@@H]1CCC(=O)N[C@@H](Cc2ccc(O)cc2)C(=O)N(C)[C@H](Cc2ccccc2)COc2ccccc2C(=O)N1. The van der Waals surface area contributed by atoms with E-state index in [1.54, 1.807) is 48.3 Å². The fraction of sp³-hybridized carbons (Fsp3) is 0.389. The summed E-state index contributed by atoms with van der Waals surface area (Å²) in [6, 6.07) is 20.6. The van der Waals surface area contributed by atoms with Gasteiger partial charge in [0, 0.05) is 26.4 Å². The predicted octanol–water partition coefficient (Wildman–Crippen LogP) is 2.53. The lowest BCUT2D eigenvalue weighted by Crippen LogP contribution is -2.53. The number of phenolic OH excluding ortho intramolecular Hbond substituents is 1. The molecule has 3 aromatic carbocycles. The van der Waals surface area contributed by atoms with Crippen LogP contribution in [0.15, 0.2) is 78.9 Å². The Bertz CT molecular complexity index is 1500. The van der Waals surface area contributed by atoms with Crippen LogP contribution in [0.25, 0.3) is 0 Å². The zero-order chi connectivity index (χ0) is 33.8. The van der Waals surface area contributed by atoms with E-state index in [9.17, 15) is 24.3 Å². The third-order valence-electron chi connectivity index (χ3n) is 8.15. The van der Waals surface area contributed by atoms with Gasteiger partial charge in [-0.05, 0) is 75.3 Å². The molecular weight excluding hydrogens is 598 g/mol. The fourth-order valence-electron chi connectivity index (χ4n) is 5.43. The number of benzene rings is 3. The number of ether oxygens (including phenoxy) is 1. The summed E-state index contributed by atoms with van der Waals surface area (Å²) in [5.74, 6) is -1.23. The average Bonchev–Trinajstić information content (AvgIpc) is 3.07. The summed E-state index contributed by atoms with van der Waals surface area (Å²) >= 11 is 0. The van der Waals surface area contributed by atoms with Gasteiger partial charge in [0.15, 0.2) is 0 Å². The summed E-state index contributed by atoms with van der Waals surface area (Å²) in [6.07, 6.45) is 1.28. The van der Waals surface area contributed by atoms with Gasteiger partial charge in [-0.25, -0.2) is 0 Å². The number of nitrogens with one attached hydrogen (secondary N) is 3. The number of hydrogen-bond donors (Lipinski definition) is 4. The Balaban J connectivity index is 1.65.